The lowest BCUT2D eigenvalue weighted by molar-refractivity contribution is -0.122. The van der Waals surface area contributed by atoms with Gasteiger partial charge in [0.2, 0.25) is 11.9 Å². The third-order valence-corrected chi connectivity index (χ3v) is 5.89. The summed E-state index contributed by atoms with van der Waals surface area (Å²) in [4.78, 5) is 34.9. The van der Waals surface area contributed by atoms with Gasteiger partial charge >= 0.3 is 0 Å². The second kappa shape index (κ2) is 6.43. The van der Waals surface area contributed by atoms with Crippen molar-refractivity contribution in [2.24, 2.45) is 0 Å². The second-order valence-electron chi connectivity index (χ2n) is 8.12. The van der Waals surface area contributed by atoms with Crippen LogP contribution in [0, 0.1) is 5.82 Å². The zero-order valence-electron chi connectivity index (χ0n) is 16.3. The highest BCUT2D eigenvalue weighted by molar-refractivity contribution is 6.06. The van der Waals surface area contributed by atoms with E-state index in [1.807, 2.05) is 18.7 Å². The summed E-state index contributed by atoms with van der Waals surface area (Å²) < 4.78 is 13.4. The highest BCUT2D eigenvalue weighted by atomic mass is 19.1. The van der Waals surface area contributed by atoms with Crippen LogP contribution in [0.25, 0.3) is 10.9 Å². The Kier molecular flexibility index (Phi) is 3.97. The molecule has 0 radical (unpaired) electrons. The molecule has 0 unspecified atom stereocenters. The number of hydrogen-bond acceptors (Lipinski definition) is 6. The minimum atomic E-state index is -0.655. The Morgan fingerprint density at radius 3 is 2.66 bits per heavy atom. The number of nitrogens with zero attached hydrogens (tertiary/aromatic N) is 6. The van der Waals surface area contributed by atoms with E-state index in [0.717, 1.165) is 37.1 Å². The number of fused-ring (bicyclic) bond motifs is 2. The first-order valence-electron chi connectivity index (χ1n) is 9.77. The molecule has 148 valence electrons. The average molecular weight is 392 g/mol. The molecule has 3 aromatic rings. The highest BCUT2D eigenvalue weighted by Crippen LogP contribution is 2.41. The molecule has 1 amide bonds. The fourth-order valence-electron chi connectivity index (χ4n) is 4.26. The molecular formula is C21H21FN6O. The first-order valence-corrected chi connectivity index (χ1v) is 9.77. The van der Waals surface area contributed by atoms with Crippen LogP contribution in [-0.2, 0) is 10.2 Å². The molecule has 0 bridgehead atoms. The first-order chi connectivity index (χ1) is 13.9. The van der Waals surface area contributed by atoms with Crippen molar-refractivity contribution in [3.05, 3.63) is 48.3 Å². The summed E-state index contributed by atoms with van der Waals surface area (Å²) in [5, 5.41) is 0.684. The van der Waals surface area contributed by atoms with Crippen LogP contribution in [0.4, 0.5) is 16.2 Å². The normalized spacial score (nSPS) is 19.1. The Bertz CT molecular complexity index is 1110. The molecule has 0 N–H and O–H groups in total. The van der Waals surface area contributed by atoms with E-state index in [1.165, 1.54) is 12.1 Å². The van der Waals surface area contributed by atoms with Crippen molar-refractivity contribution in [2.75, 3.05) is 22.9 Å². The average Bonchev–Trinajstić information content (AvgIpc) is 2.94. The summed E-state index contributed by atoms with van der Waals surface area (Å²) in [5.74, 6) is 1.08. The number of halogens is 1. The fraction of sp³-hybridized carbons (Fsp3) is 0.381. The molecule has 2 aromatic heterocycles. The molecule has 2 aliphatic rings. The number of rotatable bonds is 2. The van der Waals surface area contributed by atoms with Crippen LogP contribution in [0.1, 0.15) is 32.4 Å². The summed E-state index contributed by atoms with van der Waals surface area (Å²) in [6.07, 6.45) is 6.53. The van der Waals surface area contributed by atoms with Gasteiger partial charge in [0.05, 0.1) is 16.6 Å². The van der Waals surface area contributed by atoms with E-state index in [4.69, 9.17) is 0 Å². The Morgan fingerprint density at radius 1 is 1.10 bits per heavy atom. The second-order valence-corrected chi connectivity index (χ2v) is 8.12. The van der Waals surface area contributed by atoms with Crippen LogP contribution in [0.3, 0.4) is 0 Å². The molecule has 5 rings (SSSR count). The molecule has 29 heavy (non-hydrogen) atoms. The molecule has 4 heterocycles. The fourth-order valence-corrected chi connectivity index (χ4v) is 4.26. The van der Waals surface area contributed by atoms with Crippen molar-refractivity contribution in [3.63, 3.8) is 0 Å². The molecule has 7 nitrogen and oxygen atoms in total. The molecule has 1 saturated heterocycles. The molecule has 0 saturated carbocycles. The van der Waals surface area contributed by atoms with E-state index < -0.39 is 5.41 Å². The van der Waals surface area contributed by atoms with Crippen LogP contribution < -0.4 is 9.80 Å². The number of hydrogen-bond donors (Lipinski definition) is 0. The predicted molar refractivity (Wildman–Crippen MR) is 107 cm³/mol. The maximum Gasteiger partial charge on any atom is 0.240 e. The van der Waals surface area contributed by atoms with Gasteiger partial charge in [0.25, 0.3) is 0 Å². The van der Waals surface area contributed by atoms with Gasteiger partial charge in [-0.1, -0.05) is 0 Å². The van der Waals surface area contributed by atoms with Gasteiger partial charge in [0.15, 0.2) is 5.82 Å². The standard InChI is InChI=1S/C21H21FN6O/c1-21(2)17-18(24-8-7-23-17)28(19(21)29)15-5-9-27(10-6-15)20-25-12-13-11-14(22)3-4-16(13)26-20/h3-4,7-8,11-12,15H,5-6,9-10H2,1-2H3. The van der Waals surface area contributed by atoms with Gasteiger partial charge in [0, 0.05) is 43.1 Å². The van der Waals surface area contributed by atoms with E-state index >= 15 is 0 Å². The zero-order chi connectivity index (χ0) is 20.2. The van der Waals surface area contributed by atoms with Gasteiger partial charge in [0.1, 0.15) is 5.82 Å². The summed E-state index contributed by atoms with van der Waals surface area (Å²) in [6.45, 7) is 5.28. The lowest BCUT2D eigenvalue weighted by Gasteiger charge is -2.37. The third kappa shape index (κ3) is 2.82. The molecular weight excluding hydrogens is 371 g/mol. The maximum atomic E-state index is 13.4. The number of carbonyl (C=O) groups excluding carboxylic acids is 1. The van der Waals surface area contributed by atoms with E-state index in [0.29, 0.717) is 17.2 Å². The predicted octanol–water partition coefficient (Wildman–Crippen LogP) is 2.85. The largest absolute Gasteiger partial charge is 0.341 e. The van der Waals surface area contributed by atoms with Gasteiger partial charge in [-0.3, -0.25) is 14.7 Å². The van der Waals surface area contributed by atoms with Crippen LogP contribution in [0.5, 0.6) is 0 Å². The summed E-state index contributed by atoms with van der Waals surface area (Å²) in [6, 6.07) is 4.59. The Labute approximate surface area is 167 Å². The SMILES string of the molecule is CC1(C)C(=O)N(C2CCN(c3ncc4cc(F)ccc4n3)CC2)c2nccnc21. The van der Waals surface area contributed by atoms with Gasteiger partial charge in [-0.05, 0) is 44.9 Å². The number of piperidine rings is 1. The first kappa shape index (κ1) is 17.9. The maximum absolute atomic E-state index is 13.4. The van der Waals surface area contributed by atoms with Crippen molar-refractivity contribution in [1.82, 2.24) is 19.9 Å². The molecule has 8 heteroatoms. The third-order valence-electron chi connectivity index (χ3n) is 5.89. The number of amides is 1. The zero-order valence-corrected chi connectivity index (χ0v) is 16.3. The monoisotopic (exact) mass is 392 g/mol. The summed E-state index contributed by atoms with van der Waals surface area (Å²) in [7, 11) is 0. The molecule has 1 fully saturated rings. The van der Waals surface area contributed by atoms with E-state index in [1.54, 1.807) is 24.7 Å². The van der Waals surface area contributed by atoms with Crippen molar-refractivity contribution in [3.8, 4) is 0 Å². The number of carbonyl (C=O) groups is 1. The lowest BCUT2D eigenvalue weighted by atomic mass is 9.90. The molecule has 0 spiro atoms. The summed E-state index contributed by atoms with van der Waals surface area (Å²) >= 11 is 0. The highest BCUT2D eigenvalue weighted by Gasteiger charge is 2.49. The smallest absolute Gasteiger partial charge is 0.240 e. The Morgan fingerprint density at radius 2 is 1.86 bits per heavy atom. The van der Waals surface area contributed by atoms with Crippen molar-refractivity contribution < 1.29 is 9.18 Å². The number of benzene rings is 1. The molecule has 0 atom stereocenters. The van der Waals surface area contributed by atoms with Crippen LogP contribution >= 0.6 is 0 Å². The van der Waals surface area contributed by atoms with Crippen molar-refractivity contribution in [1.29, 1.82) is 0 Å². The Balaban J connectivity index is 1.36. The summed E-state index contributed by atoms with van der Waals surface area (Å²) in [5.41, 5.74) is 0.814. The van der Waals surface area contributed by atoms with Crippen molar-refractivity contribution >= 4 is 28.6 Å². The van der Waals surface area contributed by atoms with Crippen molar-refractivity contribution in [2.45, 2.75) is 38.1 Å². The van der Waals surface area contributed by atoms with E-state index in [-0.39, 0.29) is 17.8 Å². The van der Waals surface area contributed by atoms with Crippen LogP contribution in [0.2, 0.25) is 0 Å². The molecule has 2 aliphatic heterocycles. The lowest BCUT2D eigenvalue weighted by Crippen LogP contribution is -2.49. The van der Waals surface area contributed by atoms with Gasteiger partial charge < -0.3 is 4.90 Å². The topological polar surface area (TPSA) is 75.1 Å². The minimum absolute atomic E-state index is 0.0566. The molecule has 1 aromatic carbocycles. The van der Waals surface area contributed by atoms with Crippen LogP contribution in [-0.4, -0.2) is 45.0 Å². The Hall–Kier alpha value is -3.16. The quantitative estimate of drug-likeness (QED) is 0.668. The number of anilines is 2. The molecule has 0 aliphatic carbocycles. The van der Waals surface area contributed by atoms with E-state index in [9.17, 15) is 9.18 Å². The van der Waals surface area contributed by atoms with Gasteiger partial charge in [-0.2, -0.15) is 0 Å². The van der Waals surface area contributed by atoms with Gasteiger partial charge in [-0.25, -0.2) is 19.3 Å². The van der Waals surface area contributed by atoms with Gasteiger partial charge in [-0.15, -0.1) is 0 Å². The van der Waals surface area contributed by atoms with E-state index in [2.05, 4.69) is 24.8 Å². The van der Waals surface area contributed by atoms with Crippen LogP contribution in [0.15, 0.2) is 36.8 Å². The number of aromatic nitrogens is 4. The minimum Gasteiger partial charge on any atom is -0.341 e.